The first-order chi connectivity index (χ1) is 8.31. The lowest BCUT2D eigenvalue weighted by molar-refractivity contribution is -0.131. The van der Waals surface area contributed by atoms with E-state index in [9.17, 15) is 4.79 Å². The van der Waals surface area contributed by atoms with E-state index in [-0.39, 0.29) is 5.91 Å². The predicted molar refractivity (Wildman–Crippen MR) is 65.7 cm³/mol. The van der Waals surface area contributed by atoms with Crippen LogP contribution in [-0.4, -0.2) is 47.2 Å². The number of aromatic amines is 1. The van der Waals surface area contributed by atoms with Gasteiger partial charge in [0.2, 0.25) is 5.91 Å². The van der Waals surface area contributed by atoms with Crippen LogP contribution in [0.25, 0.3) is 0 Å². The summed E-state index contributed by atoms with van der Waals surface area (Å²) in [5.41, 5.74) is 1.14. The second-order valence-corrected chi connectivity index (χ2v) is 4.47. The molecule has 0 spiro atoms. The van der Waals surface area contributed by atoms with E-state index in [4.69, 9.17) is 0 Å². The lowest BCUT2D eigenvalue weighted by Crippen LogP contribution is -2.43. The van der Waals surface area contributed by atoms with E-state index in [1.165, 1.54) is 0 Å². The average Bonchev–Trinajstić information content (AvgIpc) is 2.90. The molecule has 2 N–H and O–H groups in total. The van der Waals surface area contributed by atoms with Crippen LogP contribution >= 0.6 is 0 Å². The molecule has 17 heavy (non-hydrogen) atoms. The van der Waals surface area contributed by atoms with Crippen LogP contribution in [0.2, 0.25) is 0 Å². The molecule has 0 bridgehead atoms. The maximum atomic E-state index is 11.9. The molecule has 0 aliphatic carbocycles. The highest BCUT2D eigenvalue weighted by atomic mass is 16.2. The van der Waals surface area contributed by atoms with Crippen LogP contribution in [-0.2, 0) is 4.79 Å². The van der Waals surface area contributed by atoms with Gasteiger partial charge in [-0.1, -0.05) is 6.92 Å². The van der Waals surface area contributed by atoms with E-state index in [2.05, 4.69) is 15.5 Å². The van der Waals surface area contributed by atoms with Crippen molar-refractivity contribution in [3.63, 3.8) is 0 Å². The molecule has 1 amide bonds. The Morgan fingerprint density at radius 2 is 2.59 bits per heavy atom. The molecule has 94 valence electrons. The Balaban J connectivity index is 1.90. The van der Waals surface area contributed by atoms with E-state index in [1.54, 1.807) is 6.20 Å². The predicted octanol–water partition coefficient (Wildman–Crippen LogP) is 0.725. The highest BCUT2D eigenvalue weighted by molar-refractivity contribution is 5.78. The van der Waals surface area contributed by atoms with Crippen LogP contribution in [0.15, 0.2) is 12.3 Å². The van der Waals surface area contributed by atoms with Crippen LogP contribution in [0.4, 0.5) is 0 Å². The minimum atomic E-state index is 0.205. The molecule has 0 saturated carbocycles. The van der Waals surface area contributed by atoms with Crippen molar-refractivity contribution < 1.29 is 4.79 Å². The van der Waals surface area contributed by atoms with Gasteiger partial charge in [0, 0.05) is 30.9 Å². The molecule has 1 atom stereocenters. The van der Waals surface area contributed by atoms with Crippen LogP contribution in [0, 0.1) is 0 Å². The topological polar surface area (TPSA) is 61.0 Å². The molecule has 1 aromatic heterocycles. The van der Waals surface area contributed by atoms with Crippen molar-refractivity contribution in [1.82, 2.24) is 20.4 Å². The molecule has 1 fully saturated rings. The number of likely N-dealkylation sites (tertiary alicyclic amines) is 1. The van der Waals surface area contributed by atoms with Gasteiger partial charge in [-0.2, -0.15) is 5.10 Å². The number of nitrogens with one attached hydrogen (secondary N) is 2. The minimum absolute atomic E-state index is 0.205. The van der Waals surface area contributed by atoms with Crippen molar-refractivity contribution in [1.29, 1.82) is 0 Å². The maximum Gasteiger partial charge on any atom is 0.236 e. The molecule has 5 nitrogen and oxygen atoms in total. The molecule has 5 heteroatoms. The molecule has 1 unspecified atom stereocenters. The summed E-state index contributed by atoms with van der Waals surface area (Å²) in [7, 11) is 0. The molecular formula is C12H20N4O. The van der Waals surface area contributed by atoms with Crippen LogP contribution in [0.5, 0.6) is 0 Å². The van der Waals surface area contributed by atoms with Gasteiger partial charge in [0.05, 0.1) is 6.54 Å². The molecule has 0 aromatic carbocycles. The van der Waals surface area contributed by atoms with Gasteiger partial charge in [-0.3, -0.25) is 9.89 Å². The fraction of sp³-hybridized carbons (Fsp3) is 0.667. The van der Waals surface area contributed by atoms with Gasteiger partial charge in [-0.15, -0.1) is 0 Å². The van der Waals surface area contributed by atoms with Crippen LogP contribution < -0.4 is 5.32 Å². The normalized spacial score (nSPS) is 20.5. The summed E-state index contributed by atoms with van der Waals surface area (Å²) in [5.74, 6) is 0.618. The van der Waals surface area contributed by atoms with Crippen LogP contribution in [0.3, 0.4) is 0 Å². The molecule has 1 saturated heterocycles. The minimum Gasteiger partial charge on any atom is -0.341 e. The van der Waals surface area contributed by atoms with E-state index in [0.29, 0.717) is 12.5 Å². The van der Waals surface area contributed by atoms with Crippen molar-refractivity contribution in [2.45, 2.75) is 25.7 Å². The number of hydrogen-bond acceptors (Lipinski definition) is 3. The number of H-pyrrole nitrogens is 1. The number of rotatable bonds is 4. The summed E-state index contributed by atoms with van der Waals surface area (Å²) in [5, 5.41) is 10.1. The van der Waals surface area contributed by atoms with Crippen molar-refractivity contribution in [2.75, 3.05) is 26.2 Å². The van der Waals surface area contributed by atoms with E-state index in [0.717, 1.165) is 38.2 Å². The largest absolute Gasteiger partial charge is 0.341 e. The summed E-state index contributed by atoms with van der Waals surface area (Å²) in [6, 6.07) is 2.00. The molecule has 1 aromatic rings. The van der Waals surface area contributed by atoms with Crippen molar-refractivity contribution >= 4 is 5.91 Å². The summed E-state index contributed by atoms with van der Waals surface area (Å²) in [6.07, 6.45) is 3.98. The summed E-state index contributed by atoms with van der Waals surface area (Å²) < 4.78 is 0. The van der Waals surface area contributed by atoms with Crippen molar-refractivity contribution in [3.05, 3.63) is 18.0 Å². The van der Waals surface area contributed by atoms with E-state index in [1.807, 2.05) is 17.9 Å². The Hall–Kier alpha value is -1.36. The maximum absolute atomic E-state index is 11.9. The van der Waals surface area contributed by atoms with Gasteiger partial charge in [-0.25, -0.2) is 0 Å². The number of hydrogen-bond donors (Lipinski definition) is 2. The number of amides is 1. The van der Waals surface area contributed by atoms with Gasteiger partial charge < -0.3 is 10.2 Å². The van der Waals surface area contributed by atoms with Crippen LogP contribution in [0.1, 0.15) is 31.4 Å². The second kappa shape index (κ2) is 5.82. The first kappa shape index (κ1) is 12.1. The SMILES string of the molecule is CCNCC(=O)N1CCCC(c2ccn[nH]2)C1. The third kappa shape index (κ3) is 3.06. The Kier molecular flexibility index (Phi) is 4.14. The zero-order chi connectivity index (χ0) is 12.1. The first-order valence-corrected chi connectivity index (χ1v) is 6.29. The Morgan fingerprint density at radius 3 is 3.29 bits per heavy atom. The monoisotopic (exact) mass is 236 g/mol. The molecule has 1 aliphatic heterocycles. The van der Waals surface area contributed by atoms with Gasteiger partial charge >= 0.3 is 0 Å². The first-order valence-electron chi connectivity index (χ1n) is 6.29. The number of carbonyl (C=O) groups is 1. The fourth-order valence-electron chi connectivity index (χ4n) is 2.30. The zero-order valence-corrected chi connectivity index (χ0v) is 10.3. The highest BCUT2D eigenvalue weighted by Crippen LogP contribution is 2.24. The molecule has 1 aliphatic rings. The van der Waals surface area contributed by atoms with E-state index < -0.39 is 0 Å². The number of nitrogens with zero attached hydrogens (tertiary/aromatic N) is 2. The van der Waals surface area contributed by atoms with Crippen molar-refractivity contribution in [3.8, 4) is 0 Å². The Labute approximate surface area is 102 Å². The summed E-state index contributed by atoms with van der Waals surface area (Å²) >= 11 is 0. The molecular weight excluding hydrogens is 216 g/mol. The number of piperidine rings is 1. The quantitative estimate of drug-likeness (QED) is 0.810. The number of carbonyl (C=O) groups excluding carboxylic acids is 1. The molecule has 2 heterocycles. The Bertz CT molecular complexity index is 349. The van der Waals surface area contributed by atoms with Gasteiger partial charge in [-0.05, 0) is 25.5 Å². The molecule has 0 radical (unpaired) electrons. The second-order valence-electron chi connectivity index (χ2n) is 4.47. The van der Waals surface area contributed by atoms with Gasteiger partial charge in [0.25, 0.3) is 0 Å². The number of aromatic nitrogens is 2. The lowest BCUT2D eigenvalue weighted by atomic mass is 9.95. The highest BCUT2D eigenvalue weighted by Gasteiger charge is 2.24. The van der Waals surface area contributed by atoms with Gasteiger partial charge in [0.15, 0.2) is 0 Å². The summed E-state index contributed by atoms with van der Waals surface area (Å²) in [4.78, 5) is 13.9. The number of likely N-dealkylation sites (N-methyl/N-ethyl adjacent to an activating group) is 1. The third-order valence-corrected chi connectivity index (χ3v) is 3.26. The fourth-order valence-corrected chi connectivity index (χ4v) is 2.30. The summed E-state index contributed by atoms with van der Waals surface area (Å²) in [6.45, 7) is 4.99. The smallest absolute Gasteiger partial charge is 0.236 e. The van der Waals surface area contributed by atoms with Crippen molar-refractivity contribution in [2.24, 2.45) is 0 Å². The molecule has 2 rings (SSSR count). The zero-order valence-electron chi connectivity index (χ0n) is 10.3. The van der Waals surface area contributed by atoms with Gasteiger partial charge in [0.1, 0.15) is 0 Å². The lowest BCUT2D eigenvalue weighted by Gasteiger charge is -2.32. The standard InChI is InChI=1S/C12H20N4O/c1-2-13-8-12(17)16-7-3-4-10(9-16)11-5-6-14-15-11/h5-6,10,13H,2-4,7-9H2,1H3,(H,14,15). The third-order valence-electron chi connectivity index (χ3n) is 3.26. The average molecular weight is 236 g/mol. The van der Waals surface area contributed by atoms with E-state index >= 15 is 0 Å². The Morgan fingerprint density at radius 1 is 1.71 bits per heavy atom.